The Morgan fingerprint density at radius 3 is 2.73 bits per heavy atom. The molecule has 84 valence electrons. The van der Waals surface area contributed by atoms with Crippen LogP contribution < -0.4 is 0 Å². The zero-order valence-corrected chi connectivity index (χ0v) is 9.98. The summed E-state index contributed by atoms with van der Waals surface area (Å²) in [6.07, 6.45) is 1.11. The predicted molar refractivity (Wildman–Crippen MR) is 62.5 cm³/mol. The minimum atomic E-state index is -0.227. The molecular weight excluding hydrogens is 211 g/mol. The zero-order chi connectivity index (χ0) is 11.3. The van der Waals surface area contributed by atoms with Crippen molar-refractivity contribution in [2.75, 3.05) is 5.75 Å². The summed E-state index contributed by atoms with van der Waals surface area (Å²) in [5.74, 6) is 1.31. The van der Waals surface area contributed by atoms with Gasteiger partial charge in [-0.2, -0.15) is 0 Å². The van der Waals surface area contributed by atoms with E-state index < -0.39 is 0 Å². The van der Waals surface area contributed by atoms with Gasteiger partial charge in [-0.15, -0.1) is 11.8 Å². The molecule has 1 nitrogen and oxygen atoms in total. The van der Waals surface area contributed by atoms with Crippen LogP contribution in [0.5, 0.6) is 0 Å². The van der Waals surface area contributed by atoms with Crippen LogP contribution in [0.2, 0.25) is 0 Å². The second kappa shape index (κ2) is 6.13. The fraction of sp³-hybridized carbons (Fsp3) is 0.500. The van der Waals surface area contributed by atoms with Gasteiger partial charge in [0, 0.05) is 10.6 Å². The fourth-order valence-electron chi connectivity index (χ4n) is 1.11. The summed E-state index contributed by atoms with van der Waals surface area (Å²) in [4.78, 5) is 0.674. The maximum absolute atomic E-state index is 13.5. The lowest BCUT2D eigenvalue weighted by atomic mass is 10.2. The lowest BCUT2D eigenvalue weighted by Crippen LogP contribution is -1.96. The normalized spacial score (nSPS) is 12.8. The monoisotopic (exact) mass is 228 g/mol. The van der Waals surface area contributed by atoms with Crippen molar-refractivity contribution in [1.82, 2.24) is 0 Å². The van der Waals surface area contributed by atoms with Crippen LogP contribution in [0, 0.1) is 11.7 Å². The van der Waals surface area contributed by atoms with E-state index in [1.54, 1.807) is 23.9 Å². The number of rotatable bonds is 5. The molecule has 15 heavy (non-hydrogen) atoms. The second-order valence-corrected chi connectivity index (χ2v) is 4.81. The fourth-order valence-corrected chi connectivity index (χ4v) is 2.17. The lowest BCUT2D eigenvalue weighted by molar-refractivity contribution is 0.281. The van der Waals surface area contributed by atoms with E-state index in [1.807, 2.05) is 0 Å². The lowest BCUT2D eigenvalue weighted by Gasteiger charge is -2.08. The molecule has 0 radical (unpaired) electrons. The van der Waals surface area contributed by atoms with Crippen LogP contribution in [-0.4, -0.2) is 10.9 Å². The van der Waals surface area contributed by atoms with Crippen LogP contribution in [0.25, 0.3) is 0 Å². The van der Waals surface area contributed by atoms with Crippen molar-refractivity contribution in [3.8, 4) is 0 Å². The molecule has 1 atom stereocenters. The largest absolute Gasteiger partial charge is 0.392 e. The first-order chi connectivity index (χ1) is 7.17. The van der Waals surface area contributed by atoms with Crippen LogP contribution in [0.1, 0.15) is 25.8 Å². The number of aliphatic hydroxyl groups excluding tert-OH is 1. The van der Waals surface area contributed by atoms with Gasteiger partial charge in [-0.05, 0) is 23.6 Å². The molecule has 0 aliphatic carbocycles. The van der Waals surface area contributed by atoms with E-state index in [1.165, 1.54) is 6.07 Å². The van der Waals surface area contributed by atoms with Crippen molar-refractivity contribution >= 4 is 11.8 Å². The van der Waals surface area contributed by atoms with Gasteiger partial charge in [-0.3, -0.25) is 0 Å². The smallest absolute Gasteiger partial charge is 0.137 e. The zero-order valence-electron chi connectivity index (χ0n) is 9.16. The van der Waals surface area contributed by atoms with Crippen LogP contribution in [0.3, 0.4) is 0 Å². The highest BCUT2D eigenvalue weighted by Crippen LogP contribution is 2.25. The first-order valence-corrected chi connectivity index (χ1v) is 6.18. The van der Waals surface area contributed by atoms with E-state index in [-0.39, 0.29) is 12.4 Å². The molecule has 0 aliphatic rings. The first-order valence-electron chi connectivity index (χ1n) is 5.19. The highest BCUT2D eigenvalue weighted by Gasteiger charge is 2.06. The van der Waals surface area contributed by atoms with E-state index in [0.29, 0.717) is 16.4 Å². The van der Waals surface area contributed by atoms with E-state index in [4.69, 9.17) is 5.11 Å². The molecule has 1 N–H and O–H groups in total. The summed E-state index contributed by atoms with van der Waals surface area (Å²) in [7, 11) is 0. The average Bonchev–Trinajstić information content (AvgIpc) is 2.26. The minimum Gasteiger partial charge on any atom is -0.392 e. The third-order valence-corrected chi connectivity index (χ3v) is 3.78. The van der Waals surface area contributed by atoms with E-state index in [0.717, 1.165) is 12.2 Å². The van der Waals surface area contributed by atoms with Crippen molar-refractivity contribution < 1.29 is 9.50 Å². The SMILES string of the molecule is CCC(C)CSc1ccc(CO)cc1F. The molecule has 0 heterocycles. The summed E-state index contributed by atoms with van der Waals surface area (Å²) in [6, 6.07) is 4.91. The molecule has 1 aromatic carbocycles. The minimum absolute atomic E-state index is 0.104. The summed E-state index contributed by atoms with van der Waals surface area (Å²) in [5, 5.41) is 8.84. The number of aliphatic hydroxyl groups is 1. The van der Waals surface area contributed by atoms with Crippen molar-refractivity contribution in [3.63, 3.8) is 0 Å². The molecule has 0 aliphatic heterocycles. The third-order valence-electron chi connectivity index (χ3n) is 2.40. The van der Waals surface area contributed by atoms with Gasteiger partial charge in [0.1, 0.15) is 5.82 Å². The molecular formula is C12H17FOS. The quantitative estimate of drug-likeness (QED) is 0.779. The van der Waals surface area contributed by atoms with Crippen LogP contribution >= 0.6 is 11.8 Å². The summed E-state index contributed by atoms with van der Waals surface area (Å²) >= 11 is 1.54. The van der Waals surface area contributed by atoms with Crippen molar-refractivity contribution in [1.29, 1.82) is 0 Å². The average molecular weight is 228 g/mol. The molecule has 0 bridgehead atoms. The Labute approximate surface area is 94.7 Å². The van der Waals surface area contributed by atoms with Gasteiger partial charge in [0.15, 0.2) is 0 Å². The maximum Gasteiger partial charge on any atom is 0.137 e. The summed E-state index contributed by atoms with van der Waals surface area (Å²) in [6.45, 7) is 4.19. The number of halogens is 1. The Morgan fingerprint density at radius 2 is 2.20 bits per heavy atom. The Balaban J connectivity index is 2.62. The molecule has 0 fully saturated rings. The molecule has 0 amide bonds. The third kappa shape index (κ3) is 3.84. The van der Waals surface area contributed by atoms with E-state index in [9.17, 15) is 4.39 Å². The maximum atomic E-state index is 13.5. The Kier molecular flexibility index (Phi) is 5.12. The van der Waals surface area contributed by atoms with Gasteiger partial charge < -0.3 is 5.11 Å². The van der Waals surface area contributed by atoms with Gasteiger partial charge >= 0.3 is 0 Å². The van der Waals surface area contributed by atoms with Gasteiger partial charge in [0.2, 0.25) is 0 Å². The Morgan fingerprint density at radius 1 is 1.47 bits per heavy atom. The number of hydrogen-bond donors (Lipinski definition) is 1. The standard InChI is InChI=1S/C12H17FOS/c1-3-9(2)8-15-12-5-4-10(7-14)6-11(12)13/h4-6,9,14H,3,7-8H2,1-2H3. The predicted octanol–water partition coefficient (Wildman–Crippen LogP) is 3.46. The van der Waals surface area contributed by atoms with Gasteiger partial charge in [0.05, 0.1) is 6.61 Å². The molecule has 0 aromatic heterocycles. The highest BCUT2D eigenvalue weighted by atomic mass is 32.2. The highest BCUT2D eigenvalue weighted by molar-refractivity contribution is 7.99. The van der Waals surface area contributed by atoms with Crippen molar-refractivity contribution in [2.45, 2.75) is 31.8 Å². The molecule has 1 rings (SSSR count). The molecule has 3 heteroatoms. The van der Waals surface area contributed by atoms with Gasteiger partial charge in [0.25, 0.3) is 0 Å². The Bertz CT molecular complexity index is 314. The number of hydrogen-bond acceptors (Lipinski definition) is 2. The molecule has 0 saturated heterocycles. The van der Waals surface area contributed by atoms with Crippen LogP contribution in [0.15, 0.2) is 23.1 Å². The molecule has 0 saturated carbocycles. The summed E-state index contributed by atoms with van der Waals surface area (Å²) < 4.78 is 13.5. The molecule has 1 unspecified atom stereocenters. The van der Waals surface area contributed by atoms with Gasteiger partial charge in [-0.25, -0.2) is 4.39 Å². The molecule has 0 spiro atoms. The second-order valence-electron chi connectivity index (χ2n) is 3.75. The number of thioether (sulfide) groups is 1. The van der Waals surface area contributed by atoms with Crippen molar-refractivity contribution in [3.05, 3.63) is 29.6 Å². The first kappa shape index (κ1) is 12.5. The van der Waals surface area contributed by atoms with Crippen LogP contribution in [-0.2, 0) is 6.61 Å². The topological polar surface area (TPSA) is 20.2 Å². The van der Waals surface area contributed by atoms with E-state index >= 15 is 0 Å². The molecule has 1 aromatic rings. The number of benzene rings is 1. The summed E-state index contributed by atoms with van der Waals surface area (Å²) in [5.41, 5.74) is 0.625. The van der Waals surface area contributed by atoms with Gasteiger partial charge in [-0.1, -0.05) is 26.3 Å². The van der Waals surface area contributed by atoms with Crippen molar-refractivity contribution in [2.24, 2.45) is 5.92 Å². The van der Waals surface area contributed by atoms with Crippen LogP contribution in [0.4, 0.5) is 4.39 Å². The van der Waals surface area contributed by atoms with E-state index in [2.05, 4.69) is 13.8 Å². The Hall–Kier alpha value is -0.540.